The van der Waals surface area contributed by atoms with E-state index < -0.39 is 0 Å². The van der Waals surface area contributed by atoms with Gasteiger partial charge in [0.05, 0.1) is 0 Å². The van der Waals surface area contributed by atoms with Crippen LogP contribution >= 0.6 is 0 Å². The van der Waals surface area contributed by atoms with E-state index >= 15 is 0 Å². The standard InChI is InChI=1S/C21H32/c1-4-15-9-11-18-17-10-8-16-7-5-6-13-20(16,2)19(17)12-14-21(15,18)3/h7-8,10,15,17-19H,4-6,9,11-14H2,1-3H3/t15-,17-,18-,19-,20-,21+/m0/s1. The van der Waals surface area contributed by atoms with Gasteiger partial charge in [-0.1, -0.05) is 45.4 Å². The third-order valence-electron chi connectivity index (χ3n) is 8.26. The molecule has 0 aromatic heterocycles. The van der Waals surface area contributed by atoms with E-state index in [0.717, 1.165) is 23.7 Å². The average molecular weight is 284 g/mol. The van der Waals surface area contributed by atoms with E-state index in [1.165, 1.54) is 51.4 Å². The van der Waals surface area contributed by atoms with Crippen LogP contribution in [-0.4, -0.2) is 0 Å². The fraction of sp³-hybridized carbons (Fsp3) is 0.810. The van der Waals surface area contributed by atoms with E-state index in [9.17, 15) is 0 Å². The molecule has 4 aliphatic rings. The van der Waals surface area contributed by atoms with E-state index in [1.54, 1.807) is 5.57 Å². The summed E-state index contributed by atoms with van der Waals surface area (Å²) in [7, 11) is 0. The van der Waals surface area contributed by atoms with Gasteiger partial charge in [0, 0.05) is 0 Å². The summed E-state index contributed by atoms with van der Waals surface area (Å²) in [6.45, 7) is 7.65. The molecule has 21 heavy (non-hydrogen) atoms. The van der Waals surface area contributed by atoms with Crippen molar-refractivity contribution < 1.29 is 0 Å². The van der Waals surface area contributed by atoms with E-state index in [4.69, 9.17) is 0 Å². The Bertz CT molecular complexity index is 484. The second-order valence-corrected chi connectivity index (χ2v) is 8.85. The van der Waals surface area contributed by atoms with E-state index in [1.807, 2.05) is 0 Å². The number of hydrogen-bond acceptors (Lipinski definition) is 0. The summed E-state index contributed by atoms with van der Waals surface area (Å²) in [6, 6.07) is 0. The van der Waals surface area contributed by atoms with Gasteiger partial charge in [-0.25, -0.2) is 0 Å². The van der Waals surface area contributed by atoms with Crippen molar-refractivity contribution in [2.24, 2.45) is 34.5 Å². The molecule has 6 atom stereocenters. The quantitative estimate of drug-likeness (QED) is 0.542. The molecule has 116 valence electrons. The zero-order valence-electron chi connectivity index (χ0n) is 14.2. The van der Waals surface area contributed by atoms with Crippen molar-refractivity contribution in [1.82, 2.24) is 0 Å². The van der Waals surface area contributed by atoms with Gasteiger partial charge in [-0.3, -0.25) is 0 Å². The molecule has 2 fully saturated rings. The van der Waals surface area contributed by atoms with Crippen molar-refractivity contribution in [3.63, 3.8) is 0 Å². The molecular formula is C21H32. The highest BCUT2D eigenvalue weighted by Crippen LogP contribution is 2.65. The van der Waals surface area contributed by atoms with Crippen molar-refractivity contribution in [3.05, 3.63) is 23.8 Å². The molecule has 0 nitrogen and oxygen atoms in total. The van der Waals surface area contributed by atoms with Gasteiger partial charge in [0.1, 0.15) is 0 Å². The molecule has 0 bridgehead atoms. The van der Waals surface area contributed by atoms with Gasteiger partial charge in [-0.2, -0.15) is 0 Å². The van der Waals surface area contributed by atoms with Crippen LogP contribution in [0.1, 0.15) is 72.1 Å². The maximum atomic E-state index is 2.64. The third-order valence-corrected chi connectivity index (χ3v) is 8.26. The largest absolute Gasteiger partial charge is 0.0808 e. The van der Waals surface area contributed by atoms with Crippen LogP contribution in [0.15, 0.2) is 23.8 Å². The number of allylic oxidation sites excluding steroid dienone is 4. The molecule has 0 unspecified atom stereocenters. The smallest absolute Gasteiger partial charge is 0.00445 e. The molecular weight excluding hydrogens is 252 g/mol. The second kappa shape index (κ2) is 4.74. The van der Waals surface area contributed by atoms with E-state index in [2.05, 4.69) is 39.0 Å². The Labute approximate surface area is 131 Å². The number of fused-ring (bicyclic) bond motifs is 5. The molecule has 0 saturated heterocycles. The van der Waals surface area contributed by atoms with E-state index in [-0.39, 0.29) is 0 Å². The minimum atomic E-state index is 0.503. The monoisotopic (exact) mass is 284 g/mol. The Balaban J connectivity index is 1.71. The second-order valence-electron chi connectivity index (χ2n) is 8.85. The first-order chi connectivity index (χ1) is 10.1. The summed E-state index contributed by atoms with van der Waals surface area (Å²) >= 11 is 0. The molecule has 0 aliphatic heterocycles. The van der Waals surface area contributed by atoms with Gasteiger partial charge < -0.3 is 0 Å². The first kappa shape index (κ1) is 14.1. The first-order valence-corrected chi connectivity index (χ1v) is 9.48. The van der Waals surface area contributed by atoms with Gasteiger partial charge in [0.25, 0.3) is 0 Å². The molecule has 4 aliphatic carbocycles. The van der Waals surface area contributed by atoms with Crippen LogP contribution in [-0.2, 0) is 0 Å². The van der Waals surface area contributed by atoms with Crippen LogP contribution < -0.4 is 0 Å². The predicted octanol–water partition coefficient (Wildman–Crippen LogP) is 6.14. The molecule has 0 aromatic carbocycles. The summed E-state index contributed by atoms with van der Waals surface area (Å²) in [6.07, 6.45) is 19.2. The van der Waals surface area contributed by atoms with Crippen molar-refractivity contribution >= 4 is 0 Å². The topological polar surface area (TPSA) is 0 Å². The molecule has 0 radical (unpaired) electrons. The van der Waals surface area contributed by atoms with Crippen LogP contribution in [0.4, 0.5) is 0 Å². The minimum absolute atomic E-state index is 0.503. The summed E-state index contributed by atoms with van der Waals surface area (Å²) < 4.78 is 0. The van der Waals surface area contributed by atoms with Crippen molar-refractivity contribution in [3.8, 4) is 0 Å². The number of hydrogen-bond donors (Lipinski definition) is 0. The fourth-order valence-electron chi connectivity index (χ4n) is 6.96. The lowest BCUT2D eigenvalue weighted by Gasteiger charge is -2.56. The zero-order valence-corrected chi connectivity index (χ0v) is 14.2. The summed E-state index contributed by atoms with van der Waals surface area (Å²) in [5.74, 6) is 3.77. The van der Waals surface area contributed by atoms with Crippen molar-refractivity contribution in [2.45, 2.75) is 72.1 Å². The lowest BCUT2D eigenvalue weighted by molar-refractivity contribution is -0.0154. The van der Waals surface area contributed by atoms with Crippen LogP contribution in [0.25, 0.3) is 0 Å². The maximum Gasteiger partial charge on any atom is -0.00445 e. The van der Waals surface area contributed by atoms with Crippen molar-refractivity contribution in [2.75, 3.05) is 0 Å². The SMILES string of the molecule is CC[C@H]1CC[C@H]2[C@@H]3C=CC4=CCCC[C@]4(C)[C@H]3CC[C@]12C. The van der Waals surface area contributed by atoms with E-state index in [0.29, 0.717) is 10.8 Å². The zero-order chi connectivity index (χ0) is 14.7. The highest BCUT2D eigenvalue weighted by molar-refractivity contribution is 5.35. The van der Waals surface area contributed by atoms with Gasteiger partial charge >= 0.3 is 0 Å². The lowest BCUT2D eigenvalue weighted by atomic mass is 9.48. The Morgan fingerprint density at radius 3 is 2.76 bits per heavy atom. The fourth-order valence-corrected chi connectivity index (χ4v) is 6.96. The van der Waals surface area contributed by atoms with Crippen molar-refractivity contribution in [1.29, 1.82) is 0 Å². The summed E-state index contributed by atoms with van der Waals surface area (Å²) in [5, 5.41) is 0. The number of rotatable bonds is 1. The Kier molecular flexibility index (Phi) is 3.18. The maximum absolute atomic E-state index is 2.64. The molecule has 0 aromatic rings. The third kappa shape index (κ3) is 1.80. The van der Waals surface area contributed by atoms with Gasteiger partial charge in [-0.15, -0.1) is 0 Å². The van der Waals surface area contributed by atoms with Gasteiger partial charge in [0.15, 0.2) is 0 Å². The summed E-state index contributed by atoms with van der Waals surface area (Å²) in [5.41, 5.74) is 2.83. The normalized spacial score (nSPS) is 51.9. The molecule has 0 amide bonds. The minimum Gasteiger partial charge on any atom is -0.0808 e. The summed E-state index contributed by atoms with van der Waals surface area (Å²) in [4.78, 5) is 0. The molecule has 2 saturated carbocycles. The Morgan fingerprint density at radius 1 is 1.10 bits per heavy atom. The van der Waals surface area contributed by atoms with Crippen LogP contribution in [0.5, 0.6) is 0 Å². The molecule has 0 N–H and O–H groups in total. The lowest BCUT2D eigenvalue weighted by Crippen LogP contribution is -2.48. The first-order valence-electron chi connectivity index (χ1n) is 9.48. The molecule has 0 heteroatoms. The highest BCUT2D eigenvalue weighted by Gasteiger charge is 2.56. The molecule has 0 heterocycles. The Morgan fingerprint density at radius 2 is 1.95 bits per heavy atom. The van der Waals surface area contributed by atoms with Crippen LogP contribution in [0.2, 0.25) is 0 Å². The molecule has 0 spiro atoms. The Hall–Kier alpha value is -0.520. The molecule has 4 rings (SSSR count). The highest BCUT2D eigenvalue weighted by atomic mass is 14.6. The average Bonchev–Trinajstić information content (AvgIpc) is 2.83. The van der Waals surface area contributed by atoms with Gasteiger partial charge in [-0.05, 0) is 85.0 Å². The van der Waals surface area contributed by atoms with Crippen LogP contribution in [0.3, 0.4) is 0 Å². The van der Waals surface area contributed by atoms with Crippen LogP contribution in [0, 0.1) is 34.5 Å². The predicted molar refractivity (Wildman–Crippen MR) is 90.0 cm³/mol. The van der Waals surface area contributed by atoms with Gasteiger partial charge in [0.2, 0.25) is 0 Å².